The van der Waals surface area contributed by atoms with Crippen LogP contribution in [0.4, 0.5) is 0 Å². The summed E-state index contributed by atoms with van der Waals surface area (Å²) in [6.45, 7) is 7.84. The molecule has 0 saturated heterocycles. The van der Waals surface area contributed by atoms with E-state index in [1.165, 1.54) is 12.2 Å². The molecule has 0 bridgehead atoms. The van der Waals surface area contributed by atoms with E-state index < -0.39 is 0 Å². The van der Waals surface area contributed by atoms with Gasteiger partial charge >= 0.3 is 0 Å². The predicted octanol–water partition coefficient (Wildman–Crippen LogP) is 2.47. The van der Waals surface area contributed by atoms with Crippen molar-refractivity contribution in [3.63, 3.8) is 0 Å². The van der Waals surface area contributed by atoms with Gasteiger partial charge in [0, 0.05) is 24.6 Å². The fourth-order valence-corrected chi connectivity index (χ4v) is 2.12. The van der Waals surface area contributed by atoms with Crippen LogP contribution in [0, 0.1) is 5.41 Å². The first kappa shape index (κ1) is 15.3. The third-order valence-electron chi connectivity index (χ3n) is 3.36. The zero-order valence-electron chi connectivity index (χ0n) is 10.9. The van der Waals surface area contributed by atoms with E-state index in [0.29, 0.717) is 6.04 Å². The van der Waals surface area contributed by atoms with Crippen molar-refractivity contribution in [3.8, 4) is 0 Å². The molecule has 2 atom stereocenters. The Balaban J connectivity index is 4.03. The smallest absolute Gasteiger partial charge is 0.0496 e. The Morgan fingerprint density at radius 1 is 1.47 bits per heavy atom. The van der Waals surface area contributed by atoms with Gasteiger partial charge < -0.3 is 10.0 Å². The number of hydrogen-bond acceptors (Lipinski definition) is 3. The Labute approximate surface area is 99.4 Å². The lowest BCUT2D eigenvalue weighted by Crippen LogP contribution is -2.40. The van der Waals surface area contributed by atoms with Crippen LogP contribution in [0.25, 0.3) is 0 Å². The van der Waals surface area contributed by atoms with Gasteiger partial charge in [0.2, 0.25) is 0 Å². The fraction of sp³-hybridized carbons (Fsp3) is 1.00. The summed E-state index contributed by atoms with van der Waals surface area (Å²) in [6.07, 6.45) is 4.41. The van der Waals surface area contributed by atoms with Gasteiger partial charge in [-0.3, -0.25) is 0 Å². The van der Waals surface area contributed by atoms with E-state index in [2.05, 4.69) is 39.0 Å². The van der Waals surface area contributed by atoms with Crippen molar-refractivity contribution in [2.24, 2.45) is 5.41 Å². The molecule has 0 fully saturated rings. The Bertz CT molecular complexity index is 160. The first-order valence-electron chi connectivity index (χ1n) is 5.79. The van der Waals surface area contributed by atoms with Crippen LogP contribution in [0.15, 0.2) is 0 Å². The highest BCUT2D eigenvalue weighted by molar-refractivity contribution is 7.98. The van der Waals surface area contributed by atoms with Gasteiger partial charge in [-0.15, -0.1) is 0 Å². The van der Waals surface area contributed by atoms with E-state index in [0.717, 1.165) is 13.0 Å². The molecule has 0 aromatic heterocycles. The summed E-state index contributed by atoms with van der Waals surface area (Å²) in [7, 11) is 2.16. The van der Waals surface area contributed by atoms with Crippen molar-refractivity contribution < 1.29 is 5.11 Å². The summed E-state index contributed by atoms with van der Waals surface area (Å²) in [5.74, 6) is 1.22. The lowest BCUT2D eigenvalue weighted by atomic mass is 9.87. The van der Waals surface area contributed by atoms with Crippen molar-refractivity contribution in [3.05, 3.63) is 0 Å². The van der Waals surface area contributed by atoms with Gasteiger partial charge in [-0.25, -0.2) is 0 Å². The van der Waals surface area contributed by atoms with Gasteiger partial charge in [-0.1, -0.05) is 13.8 Å². The molecule has 0 aliphatic heterocycles. The van der Waals surface area contributed by atoms with E-state index in [9.17, 15) is 5.11 Å². The number of aliphatic hydroxyl groups is 1. The van der Waals surface area contributed by atoms with Crippen LogP contribution in [0.3, 0.4) is 0 Å². The molecule has 2 unspecified atom stereocenters. The van der Waals surface area contributed by atoms with Gasteiger partial charge in [0.25, 0.3) is 0 Å². The Morgan fingerprint density at radius 2 is 2.07 bits per heavy atom. The summed E-state index contributed by atoms with van der Waals surface area (Å²) >= 11 is 1.90. The maximum atomic E-state index is 9.36. The SMILES string of the molecule is CCC(C)(CO)CN(C)C(C)CCSC. The normalized spacial score (nSPS) is 17.8. The minimum absolute atomic E-state index is 0.0579. The Kier molecular flexibility index (Phi) is 7.66. The van der Waals surface area contributed by atoms with Crippen molar-refractivity contribution >= 4 is 11.8 Å². The number of nitrogens with zero attached hydrogens (tertiary/aromatic N) is 1. The average molecular weight is 233 g/mol. The maximum Gasteiger partial charge on any atom is 0.0496 e. The Hall–Kier alpha value is 0.270. The summed E-state index contributed by atoms with van der Waals surface area (Å²) in [5.41, 5.74) is 0.0579. The second-order valence-corrected chi connectivity index (χ2v) is 5.85. The highest BCUT2D eigenvalue weighted by atomic mass is 32.2. The topological polar surface area (TPSA) is 23.5 Å². The van der Waals surface area contributed by atoms with Gasteiger partial charge in [-0.2, -0.15) is 11.8 Å². The second-order valence-electron chi connectivity index (χ2n) is 4.87. The van der Waals surface area contributed by atoms with Crippen LogP contribution in [-0.2, 0) is 0 Å². The molecule has 0 aromatic carbocycles. The standard InChI is InChI=1S/C12H27NOS/c1-6-12(3,10-14)9-13(4)11(2)7-8-15-5/h11,14H,6-10H2,1-5H3. The highest BCUT2D eigenvalue weighted by Gasteiger charge is 2.24. The molecule has 0 aromatic rings. The number of thioether (sulfide) groups is 1. The Morgan fingerprint density at radius 3 is 2.47 bits per heavy atom. The van der Waals surface area contributed by atoms with E-state index in [1.54, 1.807) is 0 Å². The molecule has 15 heavy (non-hydrogen) atoms. The largest absolute Gasteiger partial charge is 0.396 e. The minimum atomic E-state index is 0.0579. The summed E-state index contributed by atoms with van der Waals surface area (Å²) in [4.78, 5) is 2.37. The number of aliphatic hydroxyl groups excluding tert-OH is 1. The molecule has 0 amide bonds. The van der Waals surface area contributed by atoms with Crippen LogP contribution >= 0.6 is 11.8 Å². The molecule has 0 aliphatic rings. The summed E-state index contributed by atoms with van der Waals surface area (Å²) in [6, 6.07) is 0.606. The molecule has 1 N–H and O–H groups in total. The molecular formula is C12H27NOS. The van der Waals surface area contributed by atoms with Crippen LogP contribution < -0.4 is 0 Å². The van der Waals surface area contributed by atoms with E-state index in [-0.39, 0.29) is 12.0 Å². The van der Waals surface area contributed by atoms with Crippen molar-refractivity contribution in [2.45, 2.75) is 39.7 Å². The quantitative estimate of drug-likeness (QED) is 0.697. The first-order chi connectivity index (χ1) is 6.99. The van der Waals surface area contributed by atoms with Gasteiger partial charge in [-0.05, 0) is 38.8 Å². The molecule has 0 spiro atoms. The van der Waals surface area contributed by atoms with Crippen molar-refractivity contribution in [1.29, 1.82) is 0 Å². The first-order valence-corrected chi connectivity index (χ1v) is 7.18. The molecule has 92 valence electrons. The van der Waals surface area contributed by atoms with Crippen LogP contribution in [-0.4, -0.2) is 48.3 Å². The molecule has 3 heteroatoms. The second kappa shape index (κ2) is 7.53. The number of hydrogen-bond donors (Lipinski definition) is 1. The van der Waals surface area contributed by atoms with Crippen molar-refractivity contribution in [1.82, 2.24) is 4.90 Å². The molecule has 0 radical (unpaired) electrons. The summed E-state index contributed by atoms with van der Waals surface area (Å²) < 4.78 is 0. The lowest BCUT2D eigenvalue weighted by molar-refractivity contribution is 0.0803. The maximum absolute atomic E-state index is 9.36. The highest BCUT2D eigenvalue weighted by Crippen LogP contribution is 2.22. The van der Waals surface area contributed by atoms with Crippen molar-refractivity contribution in [2.75, 3.05) is 32.2 Å². The third-order valence-corrected chi connectivity index (χ3v) is 4.00. The van der Waals surface area contributed by atoms with Crippen LogP contribution in [0.2, 0.25) is 0 Å². The molecule has 2 nitrogen and oxygen atoms in total. The zero-order valence-corrected chi connectivity index (χ0v) is 11.7. The van der Waals surface area contributed by atoms with Gasteiger partial charge in [0.05, 0.1) is 0 Å². The molecule has 0 heterocycles. The van der Waals surface area contributed by atoms with Crippen LogP contribution in [0.5, 0.6) is 0 Å². The molecule has 0 saturated carbocycles. The van der Waals surface area contributed by atoms with Gasteiger partial charge in [0.15, 0.2) is 0 Å². The van der Waals surface area contributed by atoms with Crippen LogP contribution in [0.1, 0.15) is 33.6 Å². The monoisotopic (exact) mass is 233 g/mol. The third kappa shape index (κ3) is 5.79. The van der Waals surface area contributed by atoms with E-state index in [4.69, 9.17) is 0 Å². The van der Waals surface area contributed by atoms with Gasteiger partial charge in [0.1, 0.15) is 0 Å². The van der Waals surface area contributed by atoms with E-state index >= 15 is 0 Å². The summed E-state index contributed by atoms with van der Waals surface area (Å²) in [5, 5.41) is 9.36. The minimum Gasteiger partial charge on any atom is -0.396 e. The molecule has 0 rings (SSSR count). The predicted molar refractivity (Wildman–Crippen MR) is 70.6 cm³/mol. The van der Waals surface area contributed by atoms with E-state index in [1.807, 2.05) is 11.8 Å². The lowest BCUT2D eigenvalue weighted by Gasteiger charge is -2.34. The number of rotatable bonds is 8. The molecule has 0 aliphatic carbocycles. The molecular weight excluding hydrogens is 206 g/mol. The zero-order chi connectivity index (χ0) is 11.9. The average Bonchev–Trinajstić information content (AvgIpc) is 2.25. The fourth-order valence-electron chi connectivity index (χ4n) is 1.54.